The number of rotatable bonds is 5. The van der Waals surface area contributed by atoms with Crippen LogP contribution in [-0.4, -0.2) is 43.5 Å². The molecule has 1 saturated heterocycles. The maximum Gasteiger partial charge on any atom is 0.0965 e. The predicted octanol–water partition coefficient (Wildman–Crippen LogP) is 1.78. The molecule has 1 aromatic rings. The Labute approximate surface area is 116 Å². The van der Waals surface area contributed by atoms with Gasteiger partial charge < -0.3 is 14.8 Å². The normalized spacial score (nSPS) is 21.8. The van der Waals surface area contributed by atoms with E-state index in [-0.39, 0.29) is 12.1 Å². The Morgan fingerprint density at radius 2 is 2.39 bits per heavy atom. The van der Waals surface area contributed by atoms with Crippen molar-refractivity contribution < 1.29 is 9.47 Å². The van der Waals surface area contributed by atoms with Crippen molar-refractivity contribution >= 4 is 15.9 Å². The Hall–Kier alpha value is -0.490. The van der Waals surface area contributed by atoms with Crippen molar-refractivity contribution in [2.24, 2.45) is 0 Å². The third kappa shape index (κ3) is 4.02. The third-order valence-electron chi connectivity index (χ3n) is 2.97. The number of ether oxygens (including phenoxy) is 2. The highest BCUT2D eigenvalue weighted by atomic mass is 79.9. The van der Waals surface area contributed by atoms with Crippen molar-refractivity contribution in [1.82, 2.24) is 10.3 Å². The highest BCUT2D eigenvalue weighted by molar-refractivity contribution is 9.10. The minimum atomic E-state index is 0.115. The number of aromatic nitrogens is 1. The molecule has 0 spiro atoms. The minimum Gasteiger partial charge on any atom is -0.376 e. The van der Waals surface area contributed by atoms with Crippen LogP contribution in [0.25, 0.3) is 0 Å². The average Bonchev–Trinajstić information content (AvgIpc) is 2.42. The largest absolute Gasteiger partial charge is 0.376 e. The fourth-order valence-corrected chi connectivity index (χ4v) is 2.32. The van der Waals surface area contributed by atoms with Gasteiger partial charge in [0.1, 0.15) is 0 Å². The first kappa shape index (κ1) is 13.9. The Balaban J connectivity index is 1.98. The standard InChI is InChI=1S/C13H19BrN2O2/c1-2-15-12(13-9-17-5-6-18-13)7-11-4-3-10(14)8-16-11/h3-4,8,12-13,15H,2,5-7,9H2,1H3. The predicted molar refractivity (Wildman–Crippen MR) is 73.7 cm³/mol. The lowest BCUT2D eigenvalue weighted by Gasteiger charge is -2.30. The molecule has 2 heterocycles. The Morgan fingerprint density at radius 3 is 3.00 bits per heavy atom. The summed E-state index contributed by atoms with van der Waals surface area (Å²) in [6.45, 7) is 5.06. The maximum atomic E-state index is 5.76. The molecule has 0 radical (unpaired) electrons. The van der Waals surface area contributed by atoms with E-state index < -0.39 is 0 Å². The zero-order valence-corrected chi connectivity index (χ0v) is 12.1. The second-order valence-electron chi connectivity index (χ2n) is 4.32. The molecule has 0 bridgehead atoms. The molecule has 0 aromatic carbocycles. The van der Waals surface area contributed by atoms with Crippen molar-refractivity contribution in [3.63, 3.8) is 0 Å². The number of nitrogens with one attached hydrogen (secondary N) is 1. The van der Waals surface area contributed by atoms with Gasteiger partial charge in [-0.3, -0.25) is 4.98 Å². The summed E-state index contributed by atoms with van der Waals surface area (Å²) in [5.41, 5.74) is 1.07. The van der Waals surface area contributed by atoms with Gasteiger partial charge in [-0.2, -0.15) is 0 Å². The fourth-order valence-electron chi connectivity index (χ4n) is 2.09. The molecule has 4 nitrogen and oxygen atoms in total. The number of halogens is 1. The second-order valence-corrected chi connectivity index (χ2v) is 5.24. The van der Waals surface area contributed by atoms with Gasteiger partial charge in [-0.1, -0.05) is 6.92 Å². The molecule has 5 heteroatoms. The van der Waals surface area contributed by atoms with Crippen LogP contribution in [0.15, 0.2) is 22.8 Å². The topological polar surface area (TPSA) is 43.4 Å². The average molecular weight is 315 g/mol. The van der Waals surface area contributed by atoms with Gasteiger partial charge in [0.25, 0.3) is 0 Å². The summed E-state index contributed by atoms with van der Waals surface area (Å²) in [7, 11) is 0. The Kier molecular flexibility index (Phi) is 5.56. The van der Waals surface area contributed by atoms with Crippen molar-refractivity contribution in [2.45, 2.75) is 25.5 Å². The molecule has 1 aliphatic heterocycles. The minimum absolute atomic E-state index is 0.115. The van der Waals surface area contributed by atoms with Crippen LogP contribution in [0, 0.1) is 0 Å². The summed E-state index contributed by atoms with van der Waals surface area (Å²) in [5, 5.41) is 3.46. The van der Waals surface area contributed by atoms with Gasteiger partial charge >= 0.3 is 0 Å². The van der Waals surface area contributed by atoms with E-state index in [0.29, 0.717) is 19.8 Å². The van der Waals surface area contributed by atoms with Gasteiger partial charge in [-0.25, -0.2) is 0 Å². The quantitative estimate of drug-likeness (QED) is 0.899. The lowest BCUT2D eigenvalue weighted by molar-refractivity contribution is -0.101. The van der Waals surface area contributed by atoms with Gasteiger partial charge in [0.2, 0.25) is 0 Å². The maximum absolute atomic E-state index is 5.76. The summed E-state index contributed by atoms with van der Waals surface area (Å²) >= 11 is 3.40. The third-order valence-corrected chi connectivity index (χ3v) is 3.44. The van der Waals surface area contributed by atoms with Crippen molar-refractivity contribution in [1.29, 1.82) is 0 Å². The van der Waals surface area contributed by atoms with Crippen LogP contribution < -0.4 is 5.32 Å². The molecule has 1 aliphatic rings. The molecule has 0 amide bonds. The SMILES string of the molecule is CCNC(Cc1ccc(Br)cn1)C1COCCO1. The number of nitrogens with zero attached hydrogens (tertiary/aromatic N) is 1. The number of hydrogen-bond donors (Lipinski definition) is 1. The van der Waals surface area contributed by atoms with Crippen molar-refractivity contribution in [3.05, 3.63) is 28.5 Å². The van der Waals surface area contributed by atoms with E-state index in [1.54, 1.807) is 0 Å². The van der Waals surface area contributed by atoms with Gasteiger partial charge in [-0.05, 0) is 34.6 Å². The van der Waals surface area contributed by atoms with Crippen LogP contribution in [0.3, 0.4) is 0 Å². The number of pyridine rings is 1. The molecule has 0 saturated carbocycles. The first-order valence-electron chi connectivity index (χ1n) is 6.32. The zero-order chi connectivity index (χ0) is 12.8. The Morgan fingerprint density at radius 1 is 1.50 bits per heavy atom. The van der Waals surface area contributed by atoms with Gasteiger partial charge in [-0.15, -0.1) is 0 Å². The second kappa shape index (κ2) is 7.19. The molecule has 100 valence electrons. The highest BCUT2D eigenvalue weighted by Gasteiger charge is 2.24. The van der Waals surface area contributed by atoms with Crippen LogP contribution in [0.1, 0.15) is 12.6 Å². The van der Waals surface area contributed by atoms with E-state index in [4.69, 9.17) is 9.47 Å². The molecular formula is C13H19BrN2O2. The molecular weight excluding hydrogens is 296 g/mol. The summed E-state index contributed by atoms with van der Waals surface area (Å²) in [6.07, 6.45) is 2.80. The van der Waals surface area contributed by atoms with Crippen LogP contribution in [0.4, 0.5) is 0 Å². The first-order chi connectivity index (χ1) is 8.79. The highest BCUT2D eigenvalue weighted by Crippen LogP contribution is 2.13. The summed E-state index contributed by atoms with van der Waals surface area (Å²) in [6, 6.07) is 4.31. The van der Waals surface area contributed by atoms with Crippen LogP contribution in [-0.2, 0) is 15.9 Å². The fraction of sp³-hybridized carbons (Fsp3) is 0.615. The molecule has 1 aromatic heterocycles. The lowest BCUT2D eigenvalue weighted by atomic mass is 10.0. The summed E-state index contributed by atoms with van der Waals surface area (Å²) < 4.78 is 12.2. The Bertz CT molecular complexity index is 353. The smallest absolute Gasteiger partial charge is 0.0965 e. The molecule has 2 atom stereocenters. The van der Waals surface area contributed by atoms with Gasteiger partial charge in [0.05, 0.1) is 25.9 Å². The van der Waals surface area contributed by atoms with E-state index in [9.17, 15) is 0 Å². The number of likely N-dealkylation sites (N-methyl/N-ethyl adjacent to an activating group) is 1. The van der Waals surface area contributed by atoms with Crippen molar-refractivity contribution in [2.75, 3.05) is 26.4 Å². The molecule has 2 unspecified atom stereocenters. The van der Waals surface area contributed by atoms with E-state index in [2.05, 4.69) is 33.2 Å². The molecule has 18 heavy (non-hydrogen) atoms. The summed E-state index contributed by atoms with van der Waals surface area (Å²) in [5.74, 6) is 0. The first-order valence-corrected chi connectivity index (χ1v) is 7.12. The molecule has 2 rings (SSSR count). The zero-order valence-electron chi connectivity index (χ0n) is 10.6. The van der Waals surface area contributed by atoms with Crippen LogP contribution in [0.2, 0.25) is 0 Å². The van der Waals surface area contributed by atoms with Crippen LogP contribution >= 0.6 is 15.9 Å². The van der Waals surface area contributed by atoms with E-state index in [1.807, 2.05) is 18.3 Å². The van der Waals surface area contributed by atoms with Gasteiger partial charge in [0.15, 0.2) is 0 Å². The molecule has 1 fully saturated rings. The molecule has 0 aliphatic carbocycles. The van der Waals surface area contributed by atoms with Crippen LogP contribution in [0.5, 0.6) is 0 Å². The van der Waals surface area contributed by atoms with E-state index >= 15 is 0 Å². The van der Waals surface area contributed by atoms with E-state index in [0.717, 1.165) is 23.1 Å². The summed E-state index contributed by atoms with van der Waals surface area (Å²) in [4.78, 5) is 4.41. The van der Waals surface area contributed by atoms with Gasteiger partial charge in [0, 0.05) is 28.8 Å². The lowest BCUT2D eigenvalue weighted by Crippen LogP contribution is -2.48. The molecule has 1 N–H and O–H groups in total. The number of hydrogen-bond acceptors (Lipinski definition) is 4. The monoisotopic (exact) mass is 314 g/mol. The van der Waals surface area contributed by atoms with E-state index in [1.165, 1.54) is 0 Å². The van der Waals surface area contributed by atoms with Crippen molar-refractivity contribution in [3.8, 4) is 0 Å².